The molecular weight excluding hydrogens is 170 g/mol. The van der Waals surface area contributed by atoms with E-state index < -0.39 is 6.03 Å². The maximum atomic E-state index is 10.9. The van der Waals surface area contributed by atoms with Gasteiger partial charge in [-0.15, -0.1) is 0 Å². The Bertz CT molecular complexity index is 240. The fraction of sp³-hybridized carbons (Fsp3) is 0.500. The third kappa shape index (κ3) is 3.59. The lowest BCUT2D eigenvalue weighted by molar-refractivity contribution is -0.125. The van der Waals surface area contributed by atoms with Gasteiger partial charge in [-0.2, -0.15) is 0 Å². The smallest absolute Gasteiger partial charge is 0.321 e. The summed E-state index contributed by atoms with van der Waals surface area (Å²) in [5.41, 5.74) is 11.8. The molecule has 0 aromatic rings. The zero-order valence-electron chi connectivity index (χ0n) is 8.13. The summed E-state index contributed by atoms with van der Waals surface area (Å²) in [5, 5.41) is 0. The number of allylic oxidation sites excluding steroid dienone is 1. The first-order valence-electron chi connectivity index (χ1n) is 3.85. The molecule has 0 aliphatic heterocycles. The van der Waals surface area contributed by atoms with Crippen molar-refractivity contribution >= 4 is 11.9 Å². The van der Waals surface area contributed by atoms with Gasteiger partial charge in [0, 0.05) is 12.6 Å². The molecule has 0 atom stereocenters. The molecule has 5 nitrogen and oxygen atoms in total. The summed E-state index contributed by atoms with van der Waals surface area (Å²) in [7, 11) is 0. The van der Waals surface area contributed by atoms with Crippen LogP contribution in [0.15, 0.2) is 11.3 Å². The predicted molar refractivity (Wildman–Crippen MR) is 49.5 cm³/mol. The van der Waals surface area contributed by atoms with Gasteiger partial charge in [-0.3, -0.25) is 9.69 Å². The lowest BCUT2D eigenvalue weighted by Crippen LogP contribution is -2.40. The summed E-state index contributed by atoms with van der Waals surface area (Å²) in [6.07, 6.45) is 0. The van der Waals surface area contributed by atoms with Crippen LogP contribution in [0.4, 0.5) is 4.79 Å². The summed E-state index contributed by atoms with van der Waals surface area (Å²) in [5.74, 6) is -0.381. The first-order chi connectivity index (χ1) is 5.86. The first kappa shape index (κ1) is 11.5. The molecule has 0 aliphatic carbocycles. The van der Waals surface area contributed by atoms with Gasteiger partial charge in [-0.25, -0.2) is 4.79 Å². The normalized spacial score (nSPS) is 11.9. The molecule has 0 saturated heterocycles. The van der Waals surface area contributed by atoms with E-state index in [9.17, 15) is 9.59 Å². The van der Waals surface area contributed by atoms with Crippen LogP contribution in [-0.4, -0.2) is 23.4 Å². The van der Waals surface area contributed by atoms with E-state index in [1.165, 1.54) is 6.92 Å². The van der Waals surface area contributed by atoms with Crippen LogP contribution in [-0.2, 0) is 4.79 Å². The van der Waals surface area contributed by atoms with Gasteiger partial charge in [0.05, 0.1) is 6.54 Å². The van der Waals surface area contributed by atoms with Crippen molar-refractivity contribution in [3.05, 3.63) is 11.3 Å². The van der Waals surface area contributed by atoms with Crippen LogP contribution in [0.1, 0.15) is 20.8 Å². The molecule has 0 unspecified atom stereocenters. The van der Waals surface area contributed by atoms with Crippen molar-refractivity contribution in [3.63, 3.8) is 0 Å². The van der Waals surface area contributed by atoms with Crippen LogP contribution >= 0.6 is 0 Å². The van der Waals surface area contributed by atoms with Gasteiger partial charge in [0.15, 0.2) is 0 Å². The minimum absolute atomic E-state index is 0.160. The number of primary amides is 1. The van der Waals surface area contributed by atoms with Crippen molar-refractivity contribution in [1.29, 1.82) is 0 Å². The molecule has 0 aliphatic rings. The Labute approximate surface area is 77.4 Å². The topological polar surface area (TPSA) is 89.4 Å². The van der Waals surface area contributed by atoms with Crippen LogP contribution in [0.5, 0.6) is 0 Å². The van der Waals surface area contributed by atoms with E-state index in [1.54, 1.807) is 13.8 Å². The number of imide groups is 1. The zero-order valence-corrected chi connectivity index (χ0v) is 8.13. The van der Waals surface area contributed by atoms with Gasteiger partial charge in [-0.1, -0.05) is 0 Å². The van der Waals surface area contributed by atoms with Crippen LogP contribution in [0.2, 0.25) is 0 Å². The van der Waals surface area contributed by atoms with Crippen LogP contribution in [0.25, 0.3) is 0 Å². The molecule has 0 rings (SSSR count). The van der Waals surface area contributed by atoms with E-state index in [1.807, 2.05) is 0 Å². The number of amides is 3. The molecule has 4 N–H and O–H groups in total. The number of hydrogen-bond acceptors (Lipinski definition) is 3. The van der Waals surface area contributed by atoms with Gasteiger partial charge < -0.3 is 11.5 Å². The predicted octanol–water partition coefficient (Wildman–Crippen LogP) is 0.166. The molecule has 74 valence electrons. The molecule has 3 amide bonds. The molecule has 5 heteroatoms. The molecule has 0 aromatic carbocycles. The molecule has 0 saturated carbocycles. The van der Waals surface area contributed by atoms with Crippen LogP contribution in [0.3, 0.4) is 0 Å². The standard InChI is InChI=1S/C8H15N3O2/c1-5(6(2)9)4-11(7(3)12)8(10)13/h4,9H2,1-3H3,(H2,10,13)/b6-5-. The van der Waals surface area contributed by atoms with E-state index >= 15 is 0 Å². The average molecular weight is 185 g/mol. The number of rotatable bonds is 2. The summed E-state index contributed by atoms with van der Waals surface area (Å²) < 4.78 is 0. The zero-order chi connectivity index (χ0) is 10.6. The van der Waals surface area contributed by atoms with Crippen LogP contribution < -0.4 is 11.5 Å². The Hall–Kier alpha value is -1.52. The Morgan fingerprint density at radius 2 is 1.62 bits per heavy atom. The van der Waals surface area contributed by atoms with Gasteiger partial charge in [0.1, 0.15) is 0 Å². The summed E-state index contributed by atoms with van der Waals surface area (Å²) >= 11 is 0. The van der Waals surface area contributed by atoms with Crippen molar-refractivity contribution in [2.45, 2.75) is 20.8 Å². The summed E-state index contributed by atoms with van der Waals surface area (Å²) in [4.78, 5) is 22.6. The Morgan fingerprint density at radius 3 is 1.85 bits per heavy atom. The van der Waals surface area contributed by atoms with Crippen molar-refractivity contribution in [3.8, 4) is 0 Å². The lowest BCUT2D eigenvalue weighted by atomic mass is 10.2. The fourth-order valence-electron chi connectivity index (χ4n) is 0.706. The maximum Gasteiger partial charge on any atom is 0.321 e. The highest BCUT2D eigenvalue weighted by Crippen LogP contribution is 2.01. The summed E-state index contributed by atoms with van der Waals surface area (Å²) in [6.45, 7) is 4.89. The van der Waals surface area contributed by atoms with Gasteiger partial charge in [0.25, 0.3) is 0 Å². The van der Waals surface area contributed by atoms with E-state index in [-0.39, 0.29) is 12.5 Å². The minimum atomic E-state index is -0.756. The average Bonchev–Trinajstić information content (AvgIpc) is 1.97. The highest BCUT2D eigenvalue weighted by molar-refractivity contribution is 5.92. The Morgan fingerprint density at radius 1 is 1.15 bits per heavy atom. The molecule has 0 bridgehead atoms. The van der Waals surface area contributed by atoms with Crippen molar-refractivity contribution in [1.82, 2.24) is 4.90 Å². The van der Waals surface area contributed by atoms with E-state index in [0.717, 1.165) is 10.5 Å². The van der Waals surface area contributed by atoms with E-state index in [2.05, 4.69) is 0 Å². The van der Waals surface area contributed by atoms with Gasteiger partial charge in [-0.05, 0) is 19.4 Å². The Balaban J connectivity index is 4.55. The second kappa shape index (κ2) is 4.49. The number of hydrogen-bond donors (Lipinski definition) is 2. The third-order valence-electron chi connectivity index (χ3n) is 1.71. The monoisotopic (exact) mass is 185 g/mol. The fourth-order valence-corrected chi connectivity index (χ4v) is 0.706. The maximum absolute atomic E-state index is 10.9. The highest BCUT2D eigenvalue weighted by Gasteiger charge is 2.14. The molecule has 0 radical (unpaired) electrons. The first-order valence-corrected chi connectivity index (χ1v) is 3.85. The van der Waals surface area contributed by atoms with E-state index in [0.29, 0.717) is 5.70 Å². The number of carbonyl (C=O) groups is 2. The molecule has 13 heavy (non-hydrogen) atoms. The number of urea groups is 1. The SMILES string of the molecule is CC(=O)N(C/C(C)=C(/C)N)C(N)=O. The highest BCUT2D eigenvalue weighted by atomic mass is 16.2. The van der Waals surface area contributed by atoms with Gasteiger partial charge >= 0.3 is 6.03 Å². The van der Waals surface area contributed by atoms with Crippen molar-refractivity contribution < 1.29 is 9.59 Å². The third-order valence-corrected chi connectivity index (χ3v) is 1.71. The number of carbonyl (C=O) groups excluding carboxylic acids is 2. The second-order valence-corrected chi connectivity index (χ2v) is 2.91. The van der Waals surface area contributed by atoms with Crippen molar-refractivity contribution in [2.75, 3.05) is 6.54 Å². The largest absolute Gasteiger partial charge is 0.402 e. The molecule has 0 aromatic heterocycles. The molecular formula is C8H15N3O2. The second-order valence-electron chi connectivity index (χ2n) is 2.91. The molecule has 0 heterocycles. The van der Waals surface area contributed by atoms with Crippen LogP contribution in [0, 0.1) is 0 Å². The summed E-state index contributed by atoms with van der Waals surface area (Å²) in [6, 6.07) is -0.756. The number of nitrogens with zero attached hydrogens (tertiary/aromatic N) is 1. The van der Waals surface area contributed by atoms with Crippen molar-refractivity contribution in [2.24, 2.45) is 11.5 Å². The Kier molecular flexibility index (Phi) is 3.97. The quantitative estimate of drug-likeness (QED) is 0.642. The molecule has 0 spiro atoms. The van der Waals surface area contributed by atoms with Gasteiger partial charge in [0.2, 0.25) is 5.91 Å². The molecule has 0 fully saturated rings. The van der Waals surface area contributed by atoms with E-state index in [4.69, 9.17) is 11.5 Å². The number of nitrogens with two attached hydrogens (primary N) is 2. The lowest BCUT2D eigenvalue weighted by Gasteiger charge is -2.17. The minimum Gasteiger partial charge on any atom is -0.402 e.